The summed E-state index contributed by atoms with van der Waals surface area (Å²) in [5.41, 5.74) is 5.72. The number of ether oxygens (including phenoxy) is 1. The molecule has 154 valence electrons. The first kappa shape index (κ1) is 21.1. The molecule has 3 aromatic rings. The van der Waals surface area contributed by atoms with Crippen molar-refractivity contribution < 1.29 is 9.15 Å². The summed E-state index contributed by atoms with van der Waals surface area (Å²) in [5, 5.41) is 8.50. The first-order valence-corrected chi connectivity index (χ1v) is 10.1. The van der Waals surface area contributed by atoms with Gasteiger partial charge in [-0.25, -0.2) is 0 Å². The quantitative estimate of drug-likeness (QED) is 0.506. The van der Waals surface area contributed by atoms with Gasteiger partial charge < -0.3 is 9.15 Å². The molecule has 0 aliphatic carbocycles. The van der Waals surface area contributed by atoms with Crippen molar-refractivity contribution in [2.45, 2.75) is 72.8 Å². The maximum absolute atomic E-state index is 5.96. The Labute approximate surface area is 174 Å². The number of para-hydroxylation sites is 1. The predicted molar refractivity (Wildman–Crippen MR) is 117 cm³/mol. The van der Waals surface area contributed by atoms with Crippen molar-refractivity contribution in [1.82, 2.24) is 10.2 Å². The van der Waals surface area contributed by atoms with Gasteiger partial charge in [0.1, 0.15) is 5.75 Å². The minimum atomic E-state index is 0.0321. The molecule has 3 rings (SSSR count). The lowest BCUT2D eigenvalue weighted by atomic mass is 9.79. The molecular formula is C25H32N2O2. The van der Waals surface area contributed by atoms with Crippen molar-refractivity contribution in [3.63, 3.8) is 0 Å². The van der Waals surface area contributed by atoms with Crippen molar-refractivity contribution in [2.75, 3.05) is 0 Å². The van der Waals surface area contributed by atoms with Crippen LogP contribution in [0, 0.1) is 13.8 Å². The van der Waals surface area contributed by atoms with Crippen LogP contribution in [0.25, 0.3) is 11.5 Å². The lowest BCUT2D eigenvalue weighted by molar-refractivity contribution is 0.261. The SMILES string of the molecule is Cc1cccc(C)c1OCc1nnc(-c2cc(C(C)(C)C)cc(C(C)(C)C)c2)o1. The minimum absolute atomic E-state index is 0.0321. The van der Waals surface area contributed by atoms with Crippen molar-refractivity contribution in [3.8, 4) is 17.2 Å². The van der Waals surface area contributed by atoms with Gasteiger partial charge in [0.2, 0.25) is 5.89 Å². The fourth-order valence-electron chi connectivity index (χ4n) is 3.21. The summed E-state index contributed by atoms with van der Waals surface area (Å²) in [5.74, 6) is 1.87. The zero-order chi connectivity index (χ0) is 21.4. The Morgan fingerprint density at radius 2 is 1.38 bits per heavy atom. The molecule has 0 saturated heterocycles. The Morgan fingerprint density at radius 1 is 0.828 bits per heavy atom. The van der Waals surface area contributed by atoms with Gasteiger partial charge in [-0.05, 0) is 59.1 Å². The van der Waals surface area contributed by atoms with Gasteiger partial charge in [-0.1, -0.05) is 65.8 Å². The highest BCUT2D eigenvalue weighted by Gasteiger charge is 2.22. The Kier molecular flexibility index (Phi) is 5.57. The average molecular weight is 393 g/mol. The second-order valence-corrected chi connectivity index (χ2v) is 9.81. The molecule has 0 atom stereocenters. The summed E-state index contributed by atoms with van der Waals surface area (Å²) in [6.45, 7) is 17.6. The standard InChI is InChI=1S/C25H32N2O2/c1-16-10-9-11-17(2)22(16)28-15-21-26-27-23(29-21)18-12-19(24(3,4)5)14-20(13-18)25(6,7)8/h9-14H,15H2,1-8H3. The smallest absolute Gasteiger partial charge is 0.254 e. The van der Waals surface area contributed by atoms with Gasteiger partial charge in [-0.2, -0.15) is 0 Å². The van der Waals surface area contributed by atoms with E-state index in [1.54, 1.807) is 0 Å². The number of hydrogen-bond acceptors (Lipinski definition) is 4. The van der Waals surface area contributed by atoms with Crippen molar-refractivity contribution in [3.05, 3.63) is 64.5 Å². The highest BCUT2D eigenvalue weighted by molar-refractivity contribution is 5.57. The van der Waals surface area contributed by atoms with Gasteiger partial charge in [0.15, 0.2) is 6.61 Å². The molecule has 0 radical (unpaired) electrons. The first-order valence-electron chi connectivity index (χ1n) is 10.1. The average Bonchev–Trinajstić information content (AvgIpc) is 3.08. The van der Waals surface area contributed by atoms with E-state index in [0.29, 0.717) is 11.8 Å². The number of hydrogen-bond donors (Lipinski definition) is 0. The van der Waals surface area contributed by atoms with Crippen molar-refractivity contribution >= 4 is 0 Å². The molecule has 0 fully saturated rings. The summed E-state index contributed by atoms with van der Waals surface area (Å²) in [6.07, 6.45) is 0. The number of aromatic nitrogens is 2. The fourth-order valence-corrected chi connectivity index (χ4v) is 3.21. The van der Waals surface area contributed by atoms with Crippen molar-refractivity contribution in [2.24, 2.45) is 0 Å². The lowest BCUT2D eigenvalue weighted by Gasteiger charge is -2.25. The summed E-state index contributed by atoms with van der Waals surface area (Å²) >= 11 is 0. The summed E-state index contributed by atoms with van der Waals surface area (Å²) in [7, 11) is 0. The number of rotatable bonds is 4. The van der Waals surface area contributed by atoms with Crippen LogP contribution in [-0.4, -0.2) is 10.2 Å². The monoisotopic (exact) mass is 392 g/mol. The van der Waals surface area contributed by atoms with Gasteiger partial charge in [-0.15, -0.1) is 10.2 Å². The molecule has 2 aromatic carbocycles. The number of benzene rings is 2. The van der Waals surface area contributed by atoms with Gasteiger partial charge in [0.25, 0.3) is 5.89 Å². The summed E-state index contributed by atoms with van der Waals surface area (Å²) in [6, 6.07) is 12.7. The molecule has 0 saturated carbocycles. The lowest BCUT2D eigenvalue weighted by Crippen LogP contribution is -2.16. The molecule has 0 N–H and O–H groups in total. The molecule has 0 aliphatic heterocycles. The molecule has 4 nitrogen and oxygen atoms in total. The highest BCUT2D eigenvalue weighted by Crippen LogP contribution is 2.33. The van der Waals surface area contributed by atoms with Crippen LogP contribution < -0.4 is 4.74 Å². The van der Waals surface area contributed by atoms with E-state index in [9.17, 15) is 0 Å². The third-order valence-electron chi connectivity index (χ3n) is 5.13. The predicted octanol–water partition coefficient (Wildman–Crippen LogP) is 6.53. The summed E-state index contributed by atoms with van der Waals surface area (Å²) in [4.78, 5) is 0. The van der Waals surface area contributed by atoms with Crippen LogP contribution in [0.5, 0.6) is 5.75 Å². The highest BCUT2D eigenvalue weighted by atomic mass is 16.5. The van der Waals surface area contributed by atoms with Crippen LogP contribution in [-0.2, 0) is 17.4 Å². The van der Waals surface area contributed by atoms with Gasteiger partial charge in [0, 0.05) is 5.56 Å². The molecule has 0 bridgehead atoms. The Bertz CT molecular complexity index is 952. The molecule has 0 aliphatic rings. The first-order chi connectivity index (χ1) is 13.4. The van der Waals surface area contributed by atoms with Crippen LogP contribution in [0.1, 0.15) is 69.7 Å². The van der Waals surface area contributed by atoms with E-state index in [1.807, 2.05) is 32.0 Å². The number of aryl methyl sites for hydroxylation is 2. The molecule has 29 heavy (non-hydrogen) atoms. The van der Waals surface area contributed by atoms with Gasteiger partial charge in [0.05, 0.1) is 0 Å². The molecule has 4 heteroatoms. The zero-order valence-electron chi connectivity index (χ0n) is 18.9. The van der Waals surface area contributed by atoms with E-state index < -0.39 is 0 Å². The Morgan fingerprint density at radius 3 is 1.90 bits per heavy atom. The topological polar surface area (TPSA) is 48.2 Å². The maximum Gasteiger partial charge on any atom is 0.254 e. The minimum Gasteiger partial charge on any atom is -0.483 e. The van der Waals surface area contributed by atoms with Gasteiger partial charge in [-0.3, -0.25) is 0 Å². The number of nitrogens with zero attached hydrogens (tertiary/aromatic N) is 2. The van der Waals surface area contributed by atoms with Crippen molar-refractivity contribution in [1.29, 1.82) is 0 Å². The van der Waals surface area contributed by atoms with E-state index >= 15 is 0 Å². The Hall–Kier alpha value is -2.62. The third kappa shape index (κ3) is 4.87. The molecule has 0 unspecified atom stereocenters. The van der Waals surface area contributed by atoms with Crippen LogP contribution in [0.4, 0.5) is 0 Å². The summed E-state index contributed by atoms with van der Waals surface area (Å²) < 4.78 is 11.9. The molecule has 0 spiro atoms. The van der Waals surface area contributed by atoms with E-state index in [1.165, 1.54) is 11.1 Å². The van der Waals surface area contributed by atoms with Gasteiger partial charge >= 0.3 is 0 Å². The molecule has 0 amide bonds. The fraction of sp³-hybridized carbons (Fsp3) is 0.440. The van der Waals surface area contributed by atoms with Crippen LogP contribution >= 0.6 is 0 Å². The largest absolute Gasteiger partial charge is 0.483 e. The normalized spacial score (nSPS) is 12.3. The van der Waals surface area contributed by atoms with E-state index in [0.717, 1.165) is 22.4 Å². The Balaban J connectivity index is 1.90. The van der Waals surface area contributed by atoms with E-state index in [-0.39, 0.29) is 17.4 Å². The third-order valence-corrected chi connectivity index (χ3v) is 5.13. The second-order valence-electron chi connectivity index (χ2n) is 9.81. The maximum atomic E-state index is 5.96. The zero-order valence-corrected chi connectivity index (χ0v) is 18.9. The van der Waals surface area contributed by atoms with Crippen LogP contribution in [0.15, 0.2) is 40.8 Å². The molecule has 1 heterocycles. The molecular weight excluding hydrogens is 360 g/mol. The molecule has 1 aromatic heterocycles. The second kappa shape index (κ2) is 7.66. The van der Waals surface area contributed by atoms with Crippen LogP contribution in [0.3, 0.4) is 0 Å². The van der Waals surface area contributed by atoms with E-state index in [4.69, 9.17) is 9.15 Å². The van der Waals surface area contributed by atoms with Crippen LogP contribution in [0.2, 0.25) is 0 Å². The van der Waals surface area contributed by atoms with E-state index in [2.05, 4.69) is 69.9 Å².